The standard InChI is InChI=1S/C28H31ClN2O2/c1-28(2,3)30-27(33)25(18-21-10-6-4-7-11-21)31(20-23-14-16-24(29)17-15-23)26(32)19-22-12-8-5-9-13-22/h4-17,25H,18-20H2,1-3H3,(H,30,33). The maximum absolute atomic E-state index is 13.6. The van der Waals surface area contributed by atoms with Gasteiger partial charge in [-0.25, -0.2) is 0 Å². The molecule has 3 rings (SSSR count). The Morgan fingerprint density at radius 1 is 0.818 bits per heavy atom. The molecule has 0 aromatic heterocycles. The maximum atomic E-state index is 13.6. The van der Waals surface area contributed by atoms with Gasteiger partial charge >= 0.3 is 0 Å². The second kappa shape index (κ2) is 11.2. The number of carbonyl (C=O) groups excluding carboxylic acids is 2. The summed E-state index contributed by atoms with van der Waals surface area (Å²) < 4.78 is 0. The Balaban J connectivity index is 1.97. The first-order valence-corrected chi connectivity index (χ1v) is 11.5. The van der Waals surface area contributed by atoms with Gasteiger partial charge in [-0.3, -0.25) is 9.59 Å². The van der Waals surface area contributed by atoms with E-state index in [2.05, 4.69) is 5.32 Å². The third-order valence-electron chi connectivity index (χ3n) is 5.23. The van der Waals surface area contributed by atoms with Crippen molar-refractivity contribution in [2.24, 2.45) is 0 Å². The van der Waals surface area contributed by atoms with Crippen LogP contribution in [0.5, 0.6) is 0 Å². The molecule has 1 atom stereocenters. The molecule has 3 aromatic carbocycles. The molecule has 0 radical (unpaired) electrons. The molecule has 172 valence electrons. The van der Waals surface area contributed by atoms with E-state index < -0.39 is 11.6 Å². The highest BCUT2D eigenvalue weighted by Crippen LogP contribution is 2.19. The minimum absolute atomic E-state index is 0.0962. The molecule has 3 aromatic rings. The van der Waals surface area contributed by atoms with Crippen molar-refractivity contribution in [2.45, 2.75) is 51.7 Å². The quantitative estimate of drug-likeness (QED) is 0.484. The maximum Gasteiger partial charge on any atom is 0.243 e. The summed E-state index contributed by atoms with van der Waals surface area (Å²) in [6.45, 7) is 6.15. The largest absolute Gasteiger partial charge is 0.350 e. The van der Waals surface area contributed by atoms with Gasteiger partial charge in [0.1, 0.15) is 6.04 Å². The van der Waals surface area contributed by atoms with Gasteiger partial charge in [-0.1, -0.05) is 84.4 Å². The molecule has 4 nitrogen and oxygen atoms in total. The number of hydrogen-bond acceptors (Lipinski definition) is 2. The summed E-state index contributed by atoms with van der Waals surface area (Å²) in [7, 11) is 0. The van der Waals surface area contributed by atoms with Crippen LogP contribution < -0.4 is 5.32 Å². The molecule has 0 heterocycles. The fourth-order valence-corrected chi connectivity index (χ4v) is 3.79. The Morgan fingerprint density at radius 3 is 1.91 bits per heavy atom. The summed E-state index contributed by atoms with van der Waals surface area (Å²) in [6, 6.07) is 26.2. The van der Waals surface area contributed by atoms with Gasteiger partial charge in [-0.15, -0.1) is 0 Å². The van der Waals surface area contributed by atoms with Gasteiger partial charge in [-0.2, -0.15) is 0 Å². The van der Waals surface area contributed by atoms with Crippen LogP contribution in [-0.2, 0) is 29.0 Å². The number of carbonyl (C=O) groups is 2. The van der Waals surface area contributed by atoms with Crippen molar-refractivity contribution in [3.63, 3.8) is 0 Å². The molecule has 1 N–H and O–H groups in total. The number of amides is 2. The number of halogens is 1. The smallest absolute Gasteiger partial charge is 0.243 e. The molecule has 0 aliphatic rings. The van der Waals surface area contributed by atoms with E-state index in [-0.39, 0.29) is 18.2 Å². The molecule has 0 fully saturated rings. The van der Waals surface area contributed by atoms with Crippen LogP contribution in [0, 0.1) is 0 Å². The predicted molar refractivity (Wildman–Crippen MR) is 134 cm³/mol. The van der Waals surface area contributed by atoms with Crippen LogP contribution in [0.3, 0.4) is 0 Å². The number of rotatable bonds is 8. The molecule has 0 saturated heterocycles. The number of nitrogens with zero attached hydrogens (tertiary/aromatic N) is 1. The molecule has 5 heteroatoms. The Labute approximate surface area is 201 Å². The molecule has 0 aliphatic carbocycles. The molecule has 0 bridgehead atoms. The summed E-state index contributed by atoms with van der Waals surface area (Å²) in [5, 5.41) is 3.71. The van der Waals surface area contributed by atoms with Crippen molar-refractivity contribution in [2.75, 3.05) is 0 Å². The highest BCUT2D eigenvalue weighted by molar-refractivity contribution is 6.30. The summed E-state index contributed by atoms with van der Waals surface area (Å²) >= 11 is 6.07. The molecular formula is C28H31ClN2O2. The molecular weight excluding hydrogens is 432 g/mol. The van der Waals surface area contributed by atoms with Gasteiger partial charge in [0.05, 0.1) is 6.42 Å². The normalized spacial score (nSPS) is 12.1. The zero-order valence-corrected chi connectivity index (χ0v) is 20.2. The SMILES string of the molecule is CC(C)(C)NC(=O)C(Cc1ccccc1)N(Cc1ccc(Cl)cc1)C(=O)Cc1ccccc1. The second-order valence-electron chi connectivity index (χ2n) is 9.26. The molecule has 33 heavy (non-hydrogen) atoms. The van der Waals surface area contributed by atoms with Gasteiger partial charge in [0.15, 0.2) is 0 Å². The number of nitrogens with one attached hydrogen (secondary N) is 1. The molecule has 0 spiro atoms. The average Bonchev–Trinajstić information content (AvgIpc) is 2.77. The highest BCUT2D eigenvalue weighted by Gasteiger charge is 2.32. The zero-order valence-electron chi connectivity index (χ0n) is 19.4. The van der Waals surface area contributed by atoms with E-state index in [1.54, 1.807) is 17.0 Å². The third-order valence-corrected chi connectivity index (χ3v) is 5.49. The van der Waals surface area contributed by atoms with Crippen LogP contribution >= 0.6 is 11.6 Å². The lowest BCUT2D eigenvalue weighted by Crippen LogP contribution is -2.54. The number of benzene rings is 3. The van der Waals surface area contributed by atoms with E-state index in [1.807, 2.05) is 93.6 Å². The van der Waals surface area contributed by atoms with E-state index >= 15 is 0 Å². The summed E-state index contributed by atoms with van der Waals surface area (Å²) in [4.78, 5) is 28.8. The topological polar surface area (TPSA) is 49.4 Å². The van der Waals surface area contributed by atoms with Crippen molar-refractivity contribution in [3.05, 3.63) is 107 Å². The third kappa shape index (κ3) is 7.76. The Morgan fingerprint density at radius 2 is 1.36 bits per heavy atom. The Kier molecular flexibility index (Phi) is 8.29. The predicted octanol–water partition coefficient (Wildman–Crippen LogP) is 5.44. The minimum Gasteiger partial charge on any atom is -0.350 e. The molecule has 2 amide bonds. The van der Waals surface area contributed by atoms with Crippen LogP contribution in [0.4, 0.5) is 0 Å². The van der Waals surface area contributed by atoms with Crippen molar-refractivity contribution in [1.29, 1.82) is 0 Å². The first-order chi connectivity index (χ1) is 15.7. The van der Waals surface area contributed by atoms with Crippen molar-refractivity contribution in [1.82, 2.24) is 10.2 Å². The van der Waals surface area contributed by atoms with E-state index in [1.165, 1.54) is 0 Å². The van der Waals surface area contributed by atoms with E-state index in [4.69, 9.17) is 11.6 Å². The first-order valence-electron chi connectivity index (χ1n) is 11.1. The van der Waals surface area contributed by atoms with Crippen LogP contribution in [-0.4, -0.2) is 28.3 Å². The lowest BCUT2D eigenvalue weighted by molar-refractivity contribution is -0.141. The fraction of sp³-hybridized carbons (Fsp3) is 0.286. The van der Waals surface area contributed by atoms with Gasteiger partial charge in [-0.05, 0) is 49.6 Å². The summed E-state index contributed by atoms with van der Waals surface area (Å²) in [5.41, 5.74) is 2.42. The summed E-state index contributed by atoms with van der Waals surface area (Å²) in [5.74, 6) is -0.261. The zero-order chi connectivity index (χ0) is 23.8. The number of hydrogen-bond donors (Lipinski definition) is 1. The van der Waals surface area contributed by atoms with Gasteiger partial charge in [0.2, 0.25) is 11.8 Å². The van der Waals surface area contributed by atoms with Crippen LogP contribution in [0.15, 0.2) is 84.9 Å². The van der Waals surface area contributed by atoms with Crippen LogP contribution in [0.1, 0.15) is 37.5 Å². The lowest BCUT2D eigenvalue weighted by Gasteiger charge is -2.34. The van der Waals surface area contributed by atoms with Gasteiger partial charge in [0, 0.05) is 23.5 Å². The van der Waals surface area contributed by atoms with Crippen LogP contribution in [0.2, 0.25) is 5.02 Å². The fourth-order valence-electron chi connectivity index (χ4n) is 3.67. The highest BCUT2D eigenvalue weighted by atomic mass is 35.5. The molecule has 1 unspecified atom stereocenters. The lowest BCUT2D eigenvalue weighted by atomic mass is 10.00. The second-order valence-corrected chi connectivity index (χ2v) is 9.69. The molecule has 0 aliphatic heterocycles. The first kappa shape index (κ1) is 24.5. The van der Waals surface area contributed by atoms with Crippen molar-refractivity contribution >= 4 is 23.4 Å². The average molecular weight is 463 g/mol. The Hall–Kier alpha value is -3.11. The van der Waals surface area contributed by atoms with E-state index in [0.717, 1.165) is 16.7 Å². The monoisotopic (exact) mass is 462 g/mol. The van der Waals surface area contributed by atoms with Crippen LogP contribution in [0.25, 0.3) is 0 Å². The van der Waals surface area contributed by atoms with Gasteiger partial charge in [0.25, 0.3) is 0 Å². The van der Waals surface area contributed by atoms with Crippen molar-refractivity contribution in [3.8, 4) is 0 Å². The van der Waals surface area contributed by atoms with E-state index in [0.29, 0.717) is 18.0 Å². The van der Waals surface area contributed by atoms with E-state index in [9.17, 15) is 9.59 Å². The van der Waals surface area contributed by atoms with Gasteiger partial charge < -0.3 is 10.2 Å². The Bertz CT molecular complexity index is 1040. The van der Waals surface area contributed by atoms with Crippen molar-refractivity contribution < 1.29 is 9.59 Å². The summed E-state index contributed by atoms with van der Waals surface area (Å²) in [6.07, 6.45) is 0.652. The minimum atomic E-state index is -0.654. The molecule has 0 saturated carbocycles.